The molecular formula is C8H21N3. The van der Waals surface area contributed by atoms with Crippen LogP contribution in [0.1, 0.15) is 26.7 Å². The first-order chi connectivity index (χ1) is 4.95. The van der Waals surface area contributed by atoms with Crippen molar-refractivity contribution in [1.82, 2.24) is 4.90 Å². The van der Waals surface area contributed by atoms with E-state index in [0.717, 1.165) is 12.8 Å². The molecule has 1 unspecified atom stereocenters. The Kier molecular flexibility index (Phi) is 4.00. The van der Waals surface area contributed by atoms with Crippen molar-refractivity contribution in [2.75, 3.05) is 14.1 Å². The van der Waals surface area contributed by atoms with E-state index < -0.39 is 0 Å². The van der Waals surface area contributed by atoms with Crippen molar-refractivity contribution in [1.29, 1.82) is 0 Å². The Labute approximate surface area is 69.7 Å². The molecule has 0 aliphatic carbocycles. The van der Waals surface area contributed by atoms with Gasteiger partial charge in [-0.25, -0.2) is 0 Å². The molecule has 0 aliphatic rings. The normalized spacial score (nSPS) is 17.5. The maximum Gasteiger partial charge on any atom is 0.0708 e. The van der Waals surface area contributed by atoms with Crippen LogP contribution < -0.4 is 11.5 Å². The predicted octanol–water partition coefficient (Wildman–Crippen LogP) is 0.350. The monoisotopic (exact) mass is 159 g/mol. The SMILES string of the molecule is CCCC(C)(C(N)N)N(C)C. The lowest BCUT2D eigenvalue weighted by molar-refractivity contribution is 0.127. The summed E-state index contributed by atoms with van der Waals surface area (Å²) < 4.78 is 0. The van der Waals surface area contributed by atoms with Crippen LogP contribution in [-0.4, -0.2) is 30.7 Å². The lowest BCUT2D eigenvalue weighted by atomic mass is 9.92. The van der Waals surface area contributed by atoms with E-state index in [0.29, 0.717) is 0 Å². The molecule has 0 rings (SSSR count). The van der Waals surface area contributed by atoms with Gasteiger partial charge in [0.25, 0.3) is 0 Å². The van der Waals surface area contributed by atoms with Crippen LogP contribution in [0.4, 0.5) is 0 Å². The molecule has 0 amide bonds. The molecular weight excluding hydrogens is 138 g/mol. The molecule has 3 nitrogen and oxygen atoms in total. The van der Waals surface area contributed by atoms with Gasteiger partial charge in [-0.1, -0.05) is 13.3 Å². The number of rotatable bonds is 4. The summed E-state index contributed by atoms with van der Waals surface area (Å²) in [5, 5.41) is 0. The maximum atomic E-state index is 5.69. The Morgan fingerprint density at radius 2 is 1.82 bits per heavy atom. The summed E-state index contributed by atoms with van der Waals surface area (Å²) in [6.45, 7) is 4.24. The van der Waals surface area contributed by atoms with Crippen LogP contribution in [-0.2, 0) is 0 Å². The molecule has 68 valence electrons. The van der Waals surface area contributed by atoms with Gasteiger partial charge in [0.05, 0.1) is 6.17 Å². The lowest BCUT2D eigenvalue weighted by Gasteiger charge is -2.39. The van der Waals surface area contributed by atoms with Crippen LogP contribution in [0.15, 0.2) is 0 Å². The maximum absolute atomic E-state index is 5.69. The molecule has 0 bridgehead atoms. The Morgan fingerprint density at radius 1 is 1.36 bits per heavy atom. The average molecular weight is 159 g/mol. The van der Waals surface area contributed by atoms with Crippen molar-refractivity contribution in [3.05, 3.63) is 0 Å². The molecule has 3 heteroatoms. The van der Waals surface area contributed by atoms with E-state index in [1.54, 1.807) is 0 Å². The molecule has 0 saturated carbocycles. The summed E-state index contributed by atoms with van der Waals surface area (Å²) in [7, 11) is 4.03. The van der Waals surface area contributed by atoms with Crippen LogP contribution in [0.25, 0.3) is 0 Å². The van der Waals surface area contributed by atoms with Crippen LogP contribution >= 0.6 is 0 Å². The zero-order valence-electron chi connectivity index (χ0n) is 8.09. The summed E-state index contributed by atoms with van der Waals surface area (Å²) in [5.41, 5.74) is 11.3. The van der Waals surface area contributed by atoms with Gasteiger partial charge >= 0.3 is 0 Å². The zero-order valence-corrected chi connectivity index (χ0v) is 8.09. The molecule has 0 radical (unpaired) electrons. The van der Waals surface area contributed by atoms with E-state index in [-0.39, 0.29) is 11.7 Å². The zero-order chi connectivity index (χ0) is 9.07. The quantitative estimate of drug-likeness (QED) is 0.582. The third kappa shape index (κ3) is 2.43. The largest absolute Gasteiger partial charge is 0.315 e. The van der Waals surface area contributed by atoms with E-state index in [2.05, 4.69) is 18.7 Å². The van der Waals surface area contributed by atoms with Crippen LogP contribution in [0, 0.1) is 0 Å². The fraction of sp³-hybridized carbons (Fsp3) is 1.00. The molecule has 0 spiro atoms. The first-order valence-corrected chi connectivity index (χ1v) is 4.13. The first kappa shape index (κ1) is 10.9. The second kappa shape index (κ2) is 4.04. The minimum Gasteiger partial charge on any atom is -0.315 e. The van der Waals surface area contributed by atoms with E-state index >= 15 is 0 Å². The van der Waals surface area contributed by atoms with E-state index in [1.165, 1.54) is 0 Å². The number of nitrogens with zero attached hydrogens (tertiary/aromatic N) is 1. The van der Waals surface area contributed by atoms with Gasteiger partial charge in [0.2, 0.25) is 0 Å². The summed E-state index contributed by atoms with van der Waals surface area (Å²) >= 11 is 0. The Bertz CT molecular complexity index is 102. The standard InChI is InChI=1S/C8H21N3/c1-5-6-8(2,7(9)10)11(3)4/h7H,5-6,9-10H2,1-4H3. The van der Waals surface area contributed by atoms with Gasteiger partial charge < -0.3 is 16.4 Å². The molecule has 0 aromatic rings. The van der Waals surface area contributed by atoms with Crippen molar-refractivity contribution in [3.8, 4) is 0 Å². The number of hydrogen-bond donors (Lipinski definition) is 2. The second-order valence-corrected chi connectivity index (χ2v) is 3.53. The first-order valence-electron chi connectivity index (χ1n) is 4.13. The van der Waals surface area contributed by atoms with Gasteiger partial charge in [0.1, 0.15) is 0 Å². The summed E-state index contributed by atoms with van der Waals surface area (Å²) in [4.78, 5) is 2.10. The van der Waals surface area contributed by atoms with Crippen LogP contribution in [0.2, 0.25) is 0 Å². The van der Waals surface area contributed by atoms with Crippen molar-refractivity contribution >= 4 is 0 Å². The van der Waals surface area contributed by atoms with Gasteiger partial charge in [-0.3, -0.25) is 0 Å². The summed E-state index contributed by atoms with van der Waals surface area (Å²) in [6, 6.07) is 0. The minimum atomic E-state index is -0.266. The second-order valence-electron chi connectivity index (χ2n) is 3.53. The summed E-state index contributed by atoms with van der Waals surface area (Å²) in [6.07, 6.45) is 1.88. The lowest BCUT2D eigenvalue weighted by Crippen LogP contribution is -2.59. The van der Waals surface area contributed by atoms with E-state index in [1.807, 2.05) is 14.1 Å². The highest BCUT2D eigenvalue weighted by molar-refractivity contribution is 4.89. The average Bonchev–Trinajstić information content (AvgIpc) is 1.87. The van der Waals surface area contributed by atoms with Crippen LogP contribution in [0.5, 0.6) is 0 Å². The highest BCUT2D eigenvalue weighted by Gasteiger charge is 2.30. The number of nitrogens with two attached hydrogens (primary N) is 2. The Hall–Kier alpha value is -0.120. The van der Waals surface area contributed by atoms with Gasteiger partial charge in [0.15, 0.2) is 0 Å². The Balaban J connectivity index is 4.26. The van der Waals surface area contributed by atoms with Crippen molar-refractivity contribution in [2.45, 2.75) is 38.4 Å². The highest BCUT2D eigenvalue weighted by atomic mass is 15.2. The van der Waals surface area contributed by atoms with Gasteiger partial charge in [-0.2, -0.15) is 0 Å². The Morgan fingerprint density at radius 3 is 1.91 bits per heavy atom. The number of likely N-dealkylation sites (N-methyl/N-ethyl adjacent to an activating group) is 1. The molecule has 0 aromatic carbocycles. The van der Waals surface area contributed by atoms with Gasteiger partial charge in [-0.05, 0) is 27.4 Å². The number of hydrogen-bond acceptors (Lipinski definition) is 3. The fourth-order valence-electron chi connectivity index (χ4n) is 1.19. The smallest absolute Gasteiger partial charge is 0.0708 e. The van der Waals surface area contributed by atoms with Crippen molar-refractivity contribution < 1.29 is 0 Å². The fourth-order valence-corrected chi connectivity index (χ4v) is 1.19. The van der Waals surface area contributed by atoms with Gasteiger partial charge in [0, 0.05) is 5.54 Å². The summed E-state index contributed by atoms with van der Waals surface area (Å²) in [5.74, 6) is 0. The molecule has 1 atom stereocenters. The molecule has 0 aliphatic heterocycles. The van der Waals surface area contributed by atoms with Crippen molar-refractivity contribution in [2.24, 2.45) is 11.5 Å². The predicted molar refractivity (Wildman–Crippen MR) is 49.2 cm³/mol. The molecule has 0 heterocycles. The van der Waals surface area contributed by atoms with E-state index in [9.17, 15) is 0 Å². The molecule has 11 heavy (non-hydrogen) atoms. The highest BCUT2D eigenvalue weighted by Crippen LogP contribution is 2.18. The van der Waals surface area contributed by atoms with Crippen LogP contribution in [0.3, 0.4) is 0 Å². The topological polar surface area (TPSA) is 55.3 Å². The third-order valence-electron chi connectivity index (χ3n) is 2.50. The molecule has 4 N–H and O–H groups in total. The van der Waals surface area contributed by atoms with Gasteiger partial charge in [-0.15, -0.1) is 0 Å². The molecule has 0 saturated heterocycles. The molecule has 0 aromatic heterocycles. The van der Waals surface area contributed by atoms with E-state index in [4.69, 9.17) is 11.5 Å². The van der Waals surface area contributed by atoms with Crippen molar-refractivity contribution in [3.63, 3.8) is 0 Å². The minimum absolute atomic E-state index is 0.0608. The molecule has 0 fully saturated rings. The third-order valence-corrected chi connectivity index (χ3v) is 2.50.